The molecule has 2 aliphatic carbocycles. The third-order valence-electron chi connectivity index (χ3n) is 10.6. The highest BCUT2D eigenvalue weighted by Gasteiger charge is 2.29. The van der Waals surface area contributed by atoms with Crippen LogP contribution in [0.5, 0.6) is 17.6 Å². The summed E-state index contributed by atoms with van der Waals surface area (Å²) in [5, 5.41) is 16.7. The molecule has 0 bridgehead atoms. The quantitative estimate of drug-likeness (QED) is 0.123. The van der Waals surface area contributed by atoms with Gasteiger partial charge in [0.15, 0.2) is 6.61 Å². The predicted octanol–water partition coefficient (Wildman–Crippen LogP) is 8.15. The van der Waals surface area contributed by atoms with Crippen LogP contribution in [0.25, 0.3) is 22.4 Å². The van der Waals surface area contributed by atoms with Crippen molar-refractivity contribution in [1.29, 1.82) is 5.26 Å². The summed E-state index contributed by atoms with van der Waals surface area (Å²) in [7, 11) is 1.60. The first-order chi connectivity index (χ1) is 26.3. The largest absolute Gasteiger partial charge is 0.481 e. The number of ether oxygens (including phenoxy) is 3. The van der Waals surface area contributed by atoms with E-state index in [1.807, 2.05) is 48.5 Å². The SMILES string of the molecule is COc1nc(O[C@H]2CCc3c(-c4cccc(-c5ccc(CNC[C@@H]6CCC(=O)C6)c(OCC#N)n5)c4Cl)cccc32)c(Cl)cc1CCC[C@@H]1CCC(=O)N1. The van der Waals surface area contributed by atoms with Gasteiger partial charge in [0, 0.05) is 54.1 Å². The van der Waals surface area contributed by atoms with Crippen LogP contribution in [0.2, 0.25) is 10.0 Å². The highest BCUT2D eigenvalue weighted by molar-refractivity contribution is 6.36. The Morgan fingerprint density at radius 1 is 0.926 bits per heavy atom. The van der Waals surface area contributed by atoms with Gasteiger partial charge < -0.3 is 24.8 Å². The van der Waals surface area contributed by atoms with Gasteiger partial charge in [-0.15, -0.1) is 0 Å². The standard InChI is InChI=1S/C42H43Cl2N5O5/c1-52-40-26(5-2-6-28-13-18-38(51)47-28)22-35(43)42(49-40)54-37-17-15-31-30(7-3-8-32(31)37)33-9-4-10-34(39(33)44)36-16-12-27(41(48-36)53-20-19-45)24-46-23-25-11-14-29(50)21-25/h3-4,7-10,12,16,22,25,28,37,46H,2,5-6,11,13-15,17-18,20-21,23-24H2,1H3,(H,47,51)/t25-,28-,37+/m1/s1. The summed E-state index contributed by atoms with van der Waals surface area (Å²) in [5.74, 6) is 1.98. The van der Waals surface area contributed by atoms with Gasteiger partial charge in [-0.25, -0.2) is 4.98 Å². The number of rotatable bonds is 15. The van der Waals surface area contributed by atoms with Crippen molar-refractivity contribution in [3.05, 3.63) is 86.9 Å². The molecule has 3 atom stereocenters. The zero-order valence-corrected chi connectivity index (χ0v) is 31.8. The number of hydrogen-bond donors (Lipinski definition) is 2. The van der Waals surface area contributed by atoms with Crippen molar-refractivity contribution in [3.8, 4) is 46.1 Å². The molecule has 1 saturated carbocycles. The fourth-order valence-corrected chi connectivity index (χ4v) is 8.43. The first-order valence-corrected chi connectivity index (χ1v) is 19.4. The molecule has 0 radical (unpaired) electrons. The Kier molecular flexibility index (Phi) is 12.0. The molecule has 12 heteroatoms. The van der Waals surface area contributed by atoms with E-state index in [1.165, 1.54) is 0 Å². The topological polar surface area (TPSA) is 135 Å². The molecular formula is C42H43Cl2N5O5. The molecule has 1 aliphatic heterocycles. The molecule has 2 N–H and O–H groups in total. The lowest BCUT2D eigenvalue weighted by Gasteiger charge is -2.18. The number of fused-ring (bicyclic) bond motifs is 1. The zero-order chi connectivity index (χ0) is 37.6. The summed E-state index contributed by atoms with van der Waals surface area (Å²) in [6.45, 7) is 1.11. The Morgan fingerprint density at radius 2 is 1.76 bits per heavy atom. The number of benzene rings is 2. The number of carbonyl (C=O) groups is 2. The number of aromatic nitrogens is 2. The van der Waals surface area contributed by atoms with E-state index in [0.717, 1.165) is 90.4 Å². The van der Waals surface area contributed by atoms with E-state index in [0.29, 0.717) is 70.9 Å². The van der Waals surface area contributed by atoms with Gasteiger partial charge in [-0.3, -0.25) is 9.59 Å². The molecule has 2 aromatic carbocycles. The van der Waals surface area contributed by atoms with Gasteiger partial charge in [0.2, 0.25) is 23.5 Å². The number of halogens is 2. The monoisotopic (exact) mass is 767 g/mol. The lowest BCUT2D eigenvalue weighted by Crippen LogP contribution is -2.25. The fraction of sp³-hybridized carbons (Fsp3) is 0.405. The van der Waals surface area contributed by atoms with E-state index >= 15 is 0 Å². The molecule has 280 valence electrons. The highest BCUT2D eigenvalue weighted by atomic mass is 35.5. The molecule has 2 aromatic heterocycles. The Balaban J connectivity index is 1.08. The maximum absolute atomic E-state index is 11.7. The van der Waals surface area contributed by atoms with Gasteiger partial charge in [-0.05, 0) is 86.2 Å². The first-order valence-electron chi connectivity index (χ1n) is 18.6. The van der Waals surface area contributed by atoms with Gasteiger partial charge >= 0.3 is 0 Å². The minimum absolute atomic E-state index is 0.123. The molecule has 4 aromatic rings. The number of Topliss-reactive ketones (excluding diaryl/α,β-unsaturated/α-hetero) is 1. The Labute approximate surface area is 325 Å². The molecule has 3 heterocycles. The number of ketones is 1. The number of amides is 1. The Morgan fingerprint density at radius 3 is 2.54 bits per heavy atom. The third-order valence-corrected chi connectivity index (χ3v) is 11.3. The van der Waals surface area contributed by atoms with E-state index in [-0.39, 0.29) is 24.7 Å². The maximum Gasteiger partial charge on any atom is 0.236 e. The molecule has 10 nitrogen and oxygen atoms in total. The molecule has 0 spiro atoms. The molecule has 54 heavy (non-hydrogen) atoms. The van der Waals surface area contributed by atoms with Crippen molar-refractivity contribution in [3.63, 3.8) is 0 Å². The van der Waals surface area contributed by atoms with Crippen LogP contribution < -0.4 is 24.8 Å². The average Bonchev–Trinajstić information content (AvgIpc) is 3.91. The minimum atomic E-state index is -0.259. The van der Waals surface area contributed by atoms with E-state index in [2.05, 4.69) is 27.8 Å². The second-order valence-electron chi connectivity index (χ2n) is 14.2. The lowest BCUT2D eigenvalue weighted by molar-refractivity contribution is -0.119. The maximum atomic E-state index is 11.7. The van der Waals surface area contributed by atoms with Gasteiger partial charge in [0.05, 0.1) is 17.8 Å². The summed E-state index contributed by atoms with van der Waals surface area (Å²) in [4.78, 5) is 32.8. The van der Waals surface area contributed by atoms with Gasteiger partial charge in [-0.1, -0.05) is 65.7 Å². The van der Waals surface area contributed by atoms with Crippen LogP contribution in [0.15, 0.2) is 54.6 Å². The van der Waals surface area contributed by atoms with Crippen molar-refractivity contribution in [2.45, 2.75) is 82.9 Å². The molecule has 0 unspecified atom stereocenters. The predicted molar refractivity (Wildman–Crippen MR) is 207 cm³/mol. The van der Waals surface area contributed by atoms with E-state index < -0.39 is 0 Å². The summed E-state index contributed by atoms with van der Waals surface area (Å²) in [5.41, 5.74) is 7.22. The van der Waals surface area contributed by atoms with Crippen molar-refractivity contribution in [2.75, 3.05) is 20.3 Å². The number of aryl methyl sites for hydroxylation is 1. The van der Waals surface area contributed by atoms with Crippen LogP contribution in [0, 0.1) is 17.2 Å². The molecule has 1 amide bonds. The van der Waals surface area contributed by atoms with Crippen LogP contribution in [0.1, 0.15) is 79.7 Å². The van der Waals surface area contributed by atoms with Gasteiger partial charge in [0.25, 0.3) is 0 Å². The molecule has 1 saturated heterocycles. The number of hydrogen-bond acceptors (Lipinski definition) is 9. The molecule has 2 fully saturated rings. The number of pyridine rings is 2. The van der Waals surface area contributed by atoms with Crippen LogP contribution in [-0.2, 0) is 29.0 Å². The van der Waals surface area contributed by atoms with E-state index in [1.54, 1.807) is 7.11 Å². The van der Waals surface area contributed by atoms with E-state index in [9.17, 15) is 14.9 Å². The van der Waals surface area contributed by atoms with Crippen LogP contribution in [0.3, 0.4) is 0 Å². The van der Waals surface area contributed by atoms with Gasteiger partial charge in [-0.2, -0.15) is 10.2 Å². The Bertz CT molecular complexity index is 2090. The summed E-state index contributed by atoms with van der Waals surface area (Å²) in [6, 6.07) is 20.1. The number of nitriles is 1. The van der Waals surface area contributed by atoms with Crippen LogP contribution in [0.4, 0.5) is 0 Å². The average molecular weight is 769 g/mol. The first kappa shape index (κ1) is 37.6. The van der Waals surface area contributed by atoms with Crippen LogP contribution in [-0.4, -0.2) is 48.0 Å². The highest BCUT2D eigenvalue weighted by Crippen LogP contribution is 2.45. The van der Waals surface area contributed by atoms with Crippen molar-refractivity contribution in [2.24, 2.45) is 5.92 Å². The normalized spacial score (nSPS) is 19.0. The summed E-state index contributed by atoms with van der Waals surface area (Å²) in [6.07, 6.45) is 7.42. The van der Waals surface area contributed by atoms with Crippen molar-refractivity contribution in [1.82, 2.24) is 20.6 Å². The molecule has 7 rings (SSSR count). The second-order valence-corrected chi connectivity index (χ2v) is 15.0. The fourth-order valence-electron chi connectivity index (χ4n) is 7.88. The van der Waals surface area contributed by atoms with Crippen molar-refractivity contribution < 1.29 is 23.8 Å². The zero-order valence-electron chi connectivity index (χ0n) is 30.3. The number of nitrogens with one attached hydrogen (secondary N) is 2. The summed E-state index contributed by atoms with van der Waals surface area (Å²) >= 11 is 13.9. The van der Waals surface area contributed by atoms with Gasteiger partial charge in [0.1, 0.15) is 23.0 Å². The third kappa shape index (κ3) is 8.49. The molecular weight excluding hydrogens is 725 g/mol. The lowest BCUT2D eigenvalue weighted by atomic mass is 9.94. The Hall–Kier alpha value is -4.69. The van der Waals surface area contributed by atoms with Crippen LogP contribution >= 0.6 is 23.2 Å². The molecule has 3 aliphatic rings. The van der Waals surface area contributed by atoms with E-state index in [4.69, 9.17) is 42.4 Å². The number of methoxy groups -OCH3 is 1. The number of carbonyl (C=O) groups excluding carboxylic acids is 2. The second kappa shape index (κ2) is 17.2. The minimum Gasteiger partial charge on any atom is -0.481 e. The summed E-state index contributed by atoms with van der Waals surface area (Å²) < 4.78 is 17.9. The smallest absolute Gasteiger partial charge is 0.236 e. The number of nitrogens with zero attached hydrogens (tertiary/aromatic N) is 3. The van der Waals surface area contributed by atoms with Crippen molar-refractivity contribution >= 4 is 34.9 Å².